The first-order valence-electron chi connectivity index (χ1n) is 10.9. The fourth-order valence-corrected chi connectivity index (χ4v) is 3.57. The maximum atomic E-state index is 12.2. The third-order valence-electron chi connectivity index (χ3n) is 5.29. The van der Waals surface area contributed by atoms with Gasteiger partial charge in [0, 0.05) is 60.2 Å². The molecule has 4 aromatic rings. The van der Waals surface area contributed by atoms with Crippen LogP contribution in [0.1, 0.15) is 55.2 Å². The third-order valence-corrected chi connectivity index (χ3v) is 5.50. The van der Waals surface area contributed by atoms with Gasteiger partial charge < -0.3 is 5.11 Å². The summed E-state index contributed by atoms with van der Waals surface area (Å²) in [6.07, 6.45) is 6.48. The van der Waals surface area contributed by atoms with E-state index in [2.05, 4.69) is 9.97 Å². The van der Waals surface area contributed by atoms with E-state index in [1.165, 1.54) is 42.7 Å². The summed E-state index contributed by atoms with van der Waals surface area (Å²) in [5.74, 6) is -1.63. The molecule has 1 N–H and O–H groups in total. The lowest BCUT2D eigenvalue weighted by atomic mass is 9.99. The molecule has 0 unspecified atom stereocenters. The Bertz CT molecular complexity index is 1560. The van der Waals surface area contributed by atoms with Crippen LogP contribution in [0, 0.1) is 20.2 Å². The SMILES string of the molecule is C.O=C(Cl)c1cc([N+](=O)[O-])ccc1C(=O)c1ccncc1.O=C(O)c1cc([N+](=O)[O-])ccc1Cc1ccncc1. The molecule has 0 aliphatic heterocycles. The minimum Gasteiger partial charge on any atom is -0.478 e. The molecule has 0 aliphatic carbocycles. The number of halogens is 1. The standard InChI is InChI=1S/C13H7ClN2O4.C13H10N2O4.CH4/c14-13(18)11-7-9(16(19)20)1-2-10(11)12(17)8-3-5-15-6-4-8;16-13(17)12-8-11(15(18)19)2-1-10(12)7-9-3-5-14-6-4-9;/h1-7H;1-6,8H,7H2,(H,16,17);1H4. The van der Waals surface area contributed by atoms with Gasteiger partial charge in [-0.2, -0.15) is 0 Å². The Morgan fingerprint density at radius 1 is 0.750 bits per heavy atom. The summed E-state index contributed by atoms with van der Waals surface area (Å²) in [6, 6.07) is 13.7. The van der Waals surface area contributed by atoms with Crippen LogP contribution in [-0.2, 0) is 6.42 Å². The first-order chi connectivity index (χ1) is 18.6. The van der Waals surface area contributed by atoms with Crippen molar-refractivity contribution in [1.82, 2.24) is 9.97 Å². The van der Waals surface area contributed by atoms with Crippen molar-refractivity contribution in [3.8, 4) is 0 Å². The first-order valence-corrected chi connectivity index (χ1v) is 11.3. The topological polar surface area (TPSA) is 184 Å². The smallest absolute Gasteiger partial charge is 0.336 e. The van der Waals surface area contributed by atoms with Crippen molar-refractivity contribution in [3.05, 3.63) is 139 Å². The van der Waals surface area contributed by atoms with Crippen LogP contribution in [0.25, 0.3) is 0 Å². The van der Waals surface area contributed by atoms with Gasteiger partial charge in [-0.3, -0.25) is 39.8 Å². The number of nitrogens with zero attached hydrogens (tertiary/aromatic N) is 4. The van der Waals surface area contributed by atoms with Crippen LogP contribution in [0.3, 0.4) is 0 Å². The largest absolute Gasteiger partial charge is 0.478 e. The lowest BCUT2D eigenvalue weighted by Crippen LogP contribution is -2.08. The Hall–Kier alpha value is -5.36. The van der Waals surface area contributed by atoms with Crippen molar-refractivity contribution < 1.29 is 29.3 Å². The number of hydrogen-bond donors (Lipinski definition) is 1. The molecule has 0 aliphatic rings. The molecule has 0 spiro atoms. The van der Waals surface area contributed by atoms with Crippen LogP contribution in [-0.4, -0.2) is 41.9 Å². The van der Waals surface area contributed by atoms with E-state index in [0.717, 1.165) is 23.8 Å². The number of carboxylic acids is 1. The molecule has 0 bridgehead atoms. The molecule has 2 heterocycles. The number of carboxylic acid groups (broad SMARTS) is 1. The molecule has 0 fully saturated rings. The molecule has 204 valence electrons. The highest BCUT2D eigenvalue weighted by Crippen LogP contribution is 2.23. The van der Waals surface area contributed by atoms with Crippen molar-refractivity contribution >= 4 is 40.0 Å². The molecule has 2 aromatic heterocycles. The number of benzene rings is 2. The Kier molecular flexibility index (Phi) is 10.8. The molecule has 0 amide bonds. The lowest BCUT2D eigenvalue weighted by Gasteiger charge is -2.06. The Balaban J connectivity index is 0.000000274. The number of pyridine rings is 2. The van der Waals surface area contributed by atoms with Crippen molar-refractivity contribution in [2.75, 3.05) is 0 Å². The van der Waals surface area contributed by atoms with E-state index in [-0.39, 0.29) is 35.5 Å². The van der Waals surface area contributed by atoms with Crippen LogP contribution >= 0.6 is 11.6 Å². The molecule has 0 saturated carbocycles. The summed E-state index contributed by atoms with van der Waals surface area (Å²) in [7, 11) is 0. The summed E-state index contributed by atoms with van der Waals surface area (Å²) in [4.78, 5) is 62.5. The van der Waals surface area contributed by atoms with Crippen molar-refractivity contribution in [2.45, 2.75) is 13.8 Å². The van der Waals surface area contributed by atoms with Gasteiger partial charge in [-0.15, -0.1) is 0 Å². The molecule has 0 atom stereocenters. The van der Waals surface area contributed by atoms with Gasteiger partial charge in [0.1, 0.15) is 0 Å². The van der Waals surface area contributed by atoms with E-state index in [0.29, 0.717) is 17.5 Å². The number of carbonyl (C=O) groups excluding carboxylic acids is 2. The minimum absolute atomic E-state index is 0. The second-order valence-corrected chi connectivity index (χ2v) is 8.10. The molecule has 13 heteroatoms. The van der Waals surface area contributed by atoms with Gasteiger partial charge >= 0.3 is 5.97 Å². The van der Waals surface area contributed by atoms with Crippen molar-refractivity contribution in [2.24, 2.45) is 0 Å². The normalized spacial score (nSPS) is 9.82. The minimum atomic E-state index is -1.17. The predicted molar refractivity (Wildman–Crippen MR) is 145 cm³/mol. The van der Waals surface area contributed by atoms with Gasteiger partial charge in [0.15, 0.2) is 5.78 Å². The highest BCUT2D eigenvalue weighted by molar-refractivity contribution is 6.68. The van der Waals surface area contributed by atoms with E-state index < -0.39 is 26.8 Å². The number of ketones is 1. The Morgan fingerprint density at radius 3 is 1.75 bits per heavy atom. The lowest BCUT2D eigenvalue weighted by molar-refractivity contribution is -0.385. The van der Waals surface area contributed by atoms with Crippen LogP contribution in [0.2, 0.25) is 0 Å². The average molecular weight is 565 g/mol. The van der Waals surface area contributed by atoms with Gasteiger partial charge in [-0.25, -0.2) is 4.79 Å². The van der Waals surface area contributed by atoms with Gasteiger partial charge in [-0.05, 0) is 59.5 Å². The quantitative estimate of drug-likeness (QED) is 0.124. The maximum Gasteiger partial charge on any atom is 0.336 e. The highest BCUT2D eigenvalue weighted by Gasteiger charge is 2.21. The van der Waals surface area contributed by atoms with Gasteiger partial charge in [-0.1, -0.05) is 13.5 Å². The first kappa shape index (κ1) is 30.9. The molecule has 2 aromatic carbocycles. The average Bonchev–Trinajstić information content (AvgIpc) is 2.93. The number of non-ortho nitro benzene ring substituents is 2. The number of hydrogen-bond acceptors (Lipinski definition) is 9. The third kappa shape index (κ3) is 7.82. The number of aromatic carboxylic acids is 1. The van der Waals surface area contributed by atoms with Gasteiger partial charge in [0.25, 0.3) is 16.6 Å². The fraction of sp³-hybridized carbons (Fsp3) is 0.0741. The number of rotatable bonds is 8. The molecule has 0 radical (unpaired) electrons. The maximum absolute atomic E-state index is 12.2. The number of carbonyl (C=O) groups is 3. The summed E-state index contributed by atoms with van der Waals surface area (Å²) in [5.41, 5.74) is 0.982. The zero-order chi connectivity index (χ0) is 28.5. The zero-order valence-electron chi connectivity index (χ0n) is 19.8. The molecular weight excluding hydrogens is 544 g/mol. The fourth-order valence-electron chi connectivity index (χ4n) is 3.42. The summed E-state index contributed by atoms with van der Waals surface area (Å²) in [5, 5.41) is 29.5. The summed E-state index contributed by atoms with van der Waals surface area (Å²) < 4.78 is 0. The van der Waals surface area contributed by atoms with Crippen molar-refractivity contribution in [1.29, 1.82) is 0 Å². The molecule has 4 rings (SSSR count). The van der Waals surface area contributed by atoms with E-state index in [9.17, 15) is 34.6 Å². The van der Waals surface area contributed by atoms with Crippen molar-refractivity contribution in [3.63, 3.8) is 0 Å². The van der Waals surface area contributed by atoms with Crippen LogP contribution in [0.15, 0.2) is 85.5 Å². The highest BCUT2D eigenvalue weighted by atomic mass is 35.5. The van der Waals surface area contributed by atoms with Gasteiger partial charge in [0.05, 0.1) is 21.0 Å². The van der Waals surface area contributed by atoms with E-state index >= 15 is 0 Å². The summed E-state index contributed by atoms with van der Waals surface area (Å²) >= 11 is 5.39. The Labute approximate surface area is 232 Å². The molecular formula is C27H21ClN4O8. The van der Waals surface area contributed by atoms with E-state index in [1.54, 1.807) is 24.5 Å². The Morgan fingerprint density at radius 2 is 1.25 bits per heavy atom. The van der Waals surface area contributed by atoms with Crippen LogP contribution < -0.4 is 0 Å². The van der Waals surface area contributed by atoms with E-state index in [4.69, 9.17) is 16.7 Å². The monoisotopic (exact) mass is 564 g/mol. The molecule has 40 heavy (non-hydrogen) atoms. The second kappa shape index (κ2) is 14.0. The van der Waals surface area contributed by atoms with Crippen LogP contribution in [0.5, 0.6) is 0 Å². The molecule has 0 saturated heterocycles. The number of nitro benzene ring substituents is 2. The van der Waals surface area contributed by atoms with E-state index in [1.807, 2.05) is 0 Å². The second-order valence-electron chi connectivity index (χ2n) is 7.76. The molecule has 12 nitrogen and oxygen atoms in total. The number of nitro groups is 2. The predicted octanol–water partition coefficient (Wildman–Crippen LogP) is 5.51. The zero-order valence-corrected chi connectivity index (χ0v) is 20.5. The van der Waals surface area contributed by atoms with Gasteiger partial charge in [0.2, 0.25) is 0 Å². The number of aromatic nitrogens is 2. The van der Waals surface area contributed by atoms with Crippen LogP contribution in [0.4, 0.5) is 11.4 Å². The summed E-state index contributed by atoms with van der Waals surface area (Å²) in [6.45, 7) is 0.